The van der Waals surface area contributed by atoms with E-state index in [0.717, 1.165) is 12.8 Å². The van der Waals surface area contributed by atoms with Gasteiger partial charge in [0, 0.05) is 0 Å². The van der Waals surface area contributed by atoms with Gasteiger partial charge in [-0.3, -0.25) is 4.79 Å². The van der Waals surface area contributed by atoms with Gasteiger partial charge in [0.15, 0.2) is 0 Å². The molecule has 2 fully saturated rings. The Bertz CT molecular complexity index is 484. The van der Waals surface area contributed by atoms with Crippen molar-refractivity contribution in [3.8, 4) is 0 Å². The minimum absolute atomic E-state index is 0.0396. The van der Waals surface area contributed by atoms with Crippen molar-refractivity contribution in [2.45, 2.75) is 37.8 Å². The van der Waals surface area contributed by atoms with Crippen LogP contribution in [0.15, 0.2) is 0 Å². The zero-order valence-electron chi connectivity index (χ0n) is 12.5. The first-order valence-corrected chi connectivity index (χ1v) is 10.4. The molecule has 1 unspecified atom stereocenters. The van der Waals surface area contributed by atoms with Crippen molar-refractivity contribution in [1.82, 2.24) is 9.62 Å². The van der Waals surface area contributed by atoms with Gasteiger partial charge in [-0.05, 0) is 44.1 Å². The van der Waals surface area contributed by atoms with Crippen molar-refractivity contribution >= 4 is 27.7 Å². The molecular weight excluding hydrogens is 312 g/mol. The van der Waals surface area contributed by atoms with Crippen LogP contribution in [0.4, 0.5) is 0 Å². The number of carbonyl (C=O) groups excluding carboxylic acids is 1. The third-order valence-electron chi connectivity index (χ3n) is 4.19. The van der Waals surface area contributed by atoms with E-state index in [-0.39, 0.29) is 11.7 Å². The van der Waals surface area contributed by atoms with Gasteiger partial charge in [0.05, 0.1) is 18.8 Å². The summed E-state index contributed by atoms with van der Waals surface area (Å²) in [4.78, 5) is 14.0. The lowest BCUT2D eigenvalue weighted by Crippen LogP contribution is -2.67. The minimum Gasteiger partial charge on any atom is -0.386 e. The molecule has 0 aromatic carbocycles. The number of hydrogen-bond donors (Lipinski definition) is 2. The first kappa shape index (κ1) is 17.1. The van der Waals surface area contributed by atoms with Gasteiger partial charge in [-0.25, -0.2) is 13.1 Å². The van der Waals surface area contributed by atoms with Gasteiger partial charge in [-0.1, -0.05) is 0 Å². The fourth-order valence-corrected chi connectivity index (χ4v) is 3.93. The number of nitrogens with zero attached hydrogens (tertiary/aromatic N) is 1. The fourth-order valence-electron chi connectivity index (χ4n) is 2.64. The molecule has 0 radical (unpaired) electrons. The molecule has 1 saturated heterocycles. The molecule has 0 spiro atoms. The zero-order chi connectivity index (χ0) is 15.7. The molecule has 1 heterocycles. The number of amides is 1. The molecule has 1 aliphatic heterocycles. The third kappa shape index (κ3) is 4.12. The average molecular weight is 336 g/mol. The zero-order valence-corrected chi connectivity index (χ0v) is 14.2. The molecule has 2 aliphatic rings. The van der Waals surface area contributed by atoms with Crippen LogP contribution in [0.3, 0.4) is 0 Å². The molecule has 0 bridgehead atoms. The molecule has 1 aliphatic carbocycles. The van der Waals surface area contributed by atoms with Gasteiger partial charge in [0.1, 0.15) is 11.6 Å². The number of nitrogens with one attached hydrogen (secondary N) is 1. The number of hydrogen-bond acceptors (Lipinski definition) is 5. The fraction of sp³-hybridized carbons (Fsp3) is 0.923. The number of rotatable bonds is 8. The van der Waals surface area contributed by atoms with Gasteiger partial charge in [0.25, 0.3) is 0 Å². The second-order valence-corrected chi connectivity index (χ2v) is 8.96. The minimum atomic E-state index is -3.41. The van der Waals surface area contributed by atoms with Gasteiger partial charge < -0.3 is 10.0 Å². The highest BCUT2D eigenvalue weighted by atomic mass is 32.2. The van der Waals surface area contributed by atoms with Crippen LogP contribution < -0.4 is 4.72 Å². The standard InChI is InChI=1S/C13H24N2O4S2/c1-3-21(18,19)14-11(6-7-20-2)12(16)15-8-13(17,9-15)10-4-5-10/h10-11,14,17H,3-9H2,1-2H3. The maximum absolute atomic E-state index is 12.4. The quantitative estimate of drug-likeness (QED) is 0.653. The van der Waals surface area contributed by atoms with Crippen LogP contribution in [0.1, 0.15) is 26.2 Å². The predicted molar refractivity (Wildman–Crippen MR) is 83.6 cm³/mol. The van der Waals surface area contributed by atoms with E-state index in [2.05, 4.69) is 4.72 Å². The highest BCUT2D eigenvalue weighted by Gasteiger charge is 2.53. The maximum Gasteiger partial charge on any atom is 0.240 e. The molecule has 21 heavy (non-hydrogen) atoms. The van der Waals surface area contributed by atoms with Crippen LogP contribution in [0.5, 0.6) is 0 Å². The van der Waals surface area contributed by atoms with Gasteiger partial charge in [-0.2, -0.15) is 11.8 Å². The van der Waals surface area contributed by atoms with Crippen molar-refractivity contribution in [2.75, 3.05) is 30.9 Å². The van der Waals surface area contributed by atoms with Crippen LogP contribution in [-0.4, -0.2) is 66.8 Å². The molecule has 1 saturated carbocycles. The van der Waals surface area contributed by atoms with Crippen LogP contribution in [-0.2, 0) is 14.8 Å². The highest BCUT2D eigenvalue weighted by molar-refractivity contribution is 7.98. The molecule has 122 valence electrons. The Morgan fingerprint density at radius 3 is 2.57 bits per heavy atom. The van der Waals surface area contributed by atoms with E-state index in [4.69, 9.17) is 0 Å². The molecule has 2 N–H and O–H groups in total. The smallest absolute Gasteiger partial charge is 0.240 e. The average Bonchev–Trinajstić information content (AvgIpc) is 3.23. The van der Waals surface area contributed by atoms with E-state index < -0.39 is 21.7 Å². The summed E-state index contributed by atoms with van der Waals surface area (Å²) < 4.78 is 25.9. The maximum atomic E-state index is 12.4. The molecule has 6 nitrogen and oxygen atoms in total. The Morgan fingerprint density at radius 1 is 1.48 bits per heavy atom. The lowest BCUT2D eigenvalue weighted by molar-refractivity contribution is -0.161. The molecule has 0 aromatic rings. The molecule has 8 heteroatoms. The summed E-state index contributed by atoms with van der Waals surface area (Å²) in [6, 6.07) is -0.717. The number of likely N-dealkylation sites (tertiary alicyclic amines) is 1. The summed E-state index contributed by atoms with van der Waals surface area (Å²) >= 11 is 1.58. The predicted octanol–water partition coefficient (Wildman–Crippen LogP) is 0.0307. The van der Waals surface area contributed by atoms with E-state index in [0.29, 0.717) is 31.2 Å². The Labute approximate surface area is 130 Å². The monoisotopic (exact) mass is 336 g/mol. The lowest BCUT2D eigenvalue weighted by atomic mass is 9.88. The Hall–Kier alpha value is -0.310. The number of carbonyl (C=O) groups is 1. The normalized spacial score (nSPS) is 22.7. The molecule has 0 aromatic heterocycles. The van der Waals surface area contributed by atoms with Crippen molar-refractivity contribution < 1.29 is 18.3 Å². The van der Waals surface area contributed by atoms with E-state index in [1.807, 2.05) is 6.26 Å². The van der Waals surface area contributed by atoms with Crippen molar-refractivity contribution in [3.63, 3.8) is 0 Å². The molecular formula is C13H24N2O4S2. The number of β-amino-alcohol motifs (C(OH)–C–C–N with tert-alkyl or cyclic N) is 1. The number of aliphatic hydroxyl groups is 1. The van der Waals surface area contributed by atoms with Crippen molar-refractivity contribution in [3.05, 3.63) is 0 Å². The summed E-state index contributed by atoms with van der Waals surface area (Å²) in [5, 5.41) is 10.3. The van der Waals surface area contributed by atoms with Crippen LogP contribution in [0.25, 0.3) is 0 Å². The molecule has 1 atom stereocenters. The second-order valence-electron chi connectivity index (χ2n) is 5.93. The second kappa shape index (κ2) is 6.44. The first-order valence-electron chi connectivity index (χ1n) is 7.31. The summed E-state index contributed by atoms with van der Waals surface area (Å²) in [7, 11) is -3.41. The lowest BCUT2D eigenvalue weighted by Gasteiger charge is -2.48. The Kier molecular flexibility index (Phi) is 5.23. The third-order valence-corrected chi connectivity index (χ3v) is 6.24. The number of thioether (sulfide) groups is 1. The van der Waals surface area contributed by atoms with E-state index in [1.54, 1.807) is 23.6 Å². The van der Waals surface area contributed by atoms with Crippen LogP contribution in [0, 0.1) is 5.92 Å². The van der Waals surface area contributed by atoms with E-state index in [1.165, 1.54) is 0 Å². The van der Waals surface area contributed by atoms with Gasteiger partial charge >= 0.3 is 0 Å². The van der Waals surface area contributed by atoms with Gasteiger partial charge in [0.2, 0.25) is 15.9 Å². The Balaban J connectivity index is 1.94. The first-order chi connectivity index (χ1) is 9.81. The summed E-state index contributed by atoms with van der Waals surface area (Å²) in [6.45, 7) is 2.22. The summed E-state index contributed by atoms with van der Waals surface area (Å²) in [6.07, 6.45) is 4.44. The summed E-state index contributed by atoms with van der Waals surface area (Å²) in [5.41, 5.74) is -0.733. The molecule has 2 rings (SSSR count). The van der Waals surface area contributed by atoms with Crippen molar-refractivity contribution in [2.24, 2.45) is 5.92 Å². The summed E-state index contributed by atoms with van der Waals surface area (Å²) in [5.74, 6) is 0.774. The van der Waals surface area contributed by atoms with Crippen LogP contribution in [0.2, 0.25) is 0 Å². The Morgan fingerprint density at radius 2 is 2.10 bits per heavy atom. The SMILES string of the molecule is CCS(=O)(=O)NC(CCSC)C(=O)N1CC(O)(C2CC2)C1. The topological polar surface area (TPSA) is 86.7 Å². The van der Waals surface area contributed by atoms with Crippen molar-refractivity contribution in [1.29, 1.82) is 0 Å². The number of sulfonamides is 1. The van der Waals surface area contributed by atoms with E-state index >= 15 is 0 Å². The van der Waals surface area contributed by atoms with Crippen LogP contribution >= 0.6 is 11.8 Å². The highest BCUT2D eigenvalue weighted by Crippen LogP contribution is 2.44. The largest absolute Gasteiger partial charge is 0.386 e. The van der Waals surface area contributed by atoms with E-state index in [9.17, 15) is 18.3 Å². The van der Waals surface area contributed by atoms with Gasteiger partial charge in [-0.15, -0.1) is 0 Å². The molecule has 1 amide bonds.